The molecule has 140 valence electrons. The maximum absolute atomic E-state index is 13.4. The van der Waals surface area contributed by atoms with Gasteiger partial charge in [-0.15, -0.1) is 10.2 Å². The Morgan fingerprint density at radius 3 is 2.30 bits per heavy atom. The lowest BCUT2D eigenvalue weighted by Gasteiger charge is -2.34. The third kappa shape index (κ3) is 3.53. The van der Waals surface area contributed by atoms with Crippen molar-refractivity contribution < 1.29 is 12.8 Å². The lowest BCUT2D eigenvalue weighted by atomic mass is 10.3. The highest BCUT2D eigenvalue weighted by molar-refractivity contribution is 7.89. The third-order valence-electron chi connectivity index (χ3n) is 4.37. The van der Waals surface area contributed by atoms with Crippen molar-refractivity contribution in [1.82, 2.24) is 24.3 Å². The average Bonchev–Trinajstić information content (AvgIpc) is 3.23. The first-order valence-corrected chi connectivity index (χ1v) is 9.82. The summed E-state index contributed by atoms with van der Waals surface area (Å²) in [6.07, 6.45) is 3.44. The molecular weight excluding hydrogens is 371 g/mol. The summed E-state index contributed by atoms with van der Waals surface area (Å²) in [6.45, 7) is 1.54. The van der Waals surface area contributed by atoms with Gasteiger partial charge in [0.25, 0.3) is 0 Å². The van der Waals surface area contributed by atoms with E-state index in [4.69, 9.17) is 0 Å². The molecule has 4 rings (SSSR count). The van der Waals surface area contributed by atoms with Gasteiger partial charge in [-0.1, -0.05) is 6.07 Å². The first-order valence-electron chi connectivity index (χ1n) is 8.38. The summed E-state index contributed by atoms with van der Waals surface area (Å²) in [5.74, 6) is 0.715. The predicted molar refractivity (Wildman–Crippen MR) is 96.5 cm³/mol. The van der Waals surface area contributed by atoms with Gasteiger partial charge in [-0.05, 0) is 36.4 Å². The first kappa shape index (κ1) is 17.6. The summed E-state index contributed by atoms with van der Waals surface area (Å²) in [5.41, 5.74) is 0. The molecular formula is C17H17FN6O2S. The quantitative estimate of drug-likeness (QED) is 0.670. The molecule has 27 heavy (non-hydrogen) atoms. The fraction of sp³-hybridized carbons (Fsp3) is 0.235. The highest BCUT2D eigenvalue weighted by atomic mass is 32.2. The fourth-order valence-electron chi connectivity index (χ4n) is 2.95. The molecule has 1 aromatic carbocycles. The molecule has 1 fully saturated rings. The van der Waals surface area contributed by atoms with Crippen molar-refractivity contribution in [2.75, 3.05) is 31.1 Å². The van der Waals surface area contributed by atoms with Crippen LogP contribution >= 0.6 is 0 Å². The number of sulfonamides is 1. The lowest BCUT2D eigenvalue weighted by Crippen LogP contribution is -2.49. The molecule has 1 aliphatic heterocycles. The van der Waals surface area contributed by atoms with Crippen LogP contribution in [0.25, 0.3) is 5.82 Å². The zero-order valence-corrected chi connectivity index (χ0v) is 15.1. The van der Waals surface area contributed by atoms with Crippen molar-refractivity contribution in [2.24, 2.45) is 0 Å². The zero-order chi connectivity index (χ0) is 18.9. The van der Waals surface area contributed by atoms with E-state index in [9.17, 15) is 12.8 Å². The van der Waals surface area contributed by atoms with E-state index in [0.29, 0.717) is 37.8 Å². The van der Waals surface area contributed by atoms with Gasteiger partial charge in [-0.3, -0.25) is 0 Å². The smallest absolute Gasteiger partial charge is 0.243 e. The van der Waals surface area contributed by atoms with Crippen molar-refractivity contribution in [1.29, 1.82) is 0 Å². The predicted octanol–water partition coefficient (Wildman–Crippen LogP) is 1.31. The molecule has 2 aromatic heterocycles. The Kier molecular flexibility index (Phi) is 4.58. The number of anilines is 1. The number of halogens is 1. The van der Waals surface area contributed by atoms with Crippen LogP contribution in [0.4, 0.5) is 10.2 Å². The minimum Gasteiger partial charge on any atom is -0.352 e. The van der Waals surface area contributed by atoms with Gasteiger partial charge in [0, 0.05) is 38.6 Å². The van der Waals surface area contributed by atoms with Crippen molar-refractivity contribution >= 4 is 15.8 Å². The van der Waals surface area contributed by atoms with Crippen LogP contribution in [0.3, 0.4) is 0 Å². The van der Waals surface area contributed by atoms with Crippen LogP contribution < -0.4 is 4.90 Å². The van der Waals surface area contributed by atoms with Crippen LogP contribution in [0, 0.1) is 5.82 Å². The highest BCUT2D eigenvalue weighted by Crippen LogP contribution is 2.20. The molecule has 0 aliphatic carbocycles. The van der Waals surface area contributed by atoms with Gasteiger partial charge >= 0.3 is 0 Å². The fourth-order valence-corrected chi connectivity index (χ4v) is 4.40. The molecule has 0 spiro atoms. The summed E-state index contributed by atoms with van der Waals surface area (Å²) in [4.78, 5) is 1.94. The number of rotatable bonds is 4. The van der Waals surface area contributed by atoms with E-state index < -0.39 is 15.8 Å². The van der Waals surface area contributed by atoms with Gasteiger partial charge in [0.15, 0.2) is 11.6 Å². The van der Waals surface area contributed by atoms with E-state index in [0.717, 1.165) is 6.07 Å². The van der Waals surface area contributed by atoms with Gasteiger partial charge in [0.05, 0.1) is 4.90 Å². The maximum atomic E-state index is 13.4. The number of nitrogens with zero attached hydrogens (tertiary/aromatic N) is 6. The normalized spacial score (nSPS) is 15.8. The Bertz CT molecular complexity index is 1020. The molecule has 10 heteroatoms. The van der Waals surface area contributed by atoms with E-state index in [1.54, 1.807) is 23.1 Å². The Hall–Kier alpha value is -2.85. The van der Waals surface area contributed by atoms with Gasteiger partial charge in [0.2, 0.25) is 10.0 Å². The van der Waals surface area contributed by atoms with E-state index in [1.165, 1.54) is 22.5 Å². The third-order valence-corrected chi connectivity index (χ3v) is 6.27. The van der Waals surface area contributed by atoms with Crippen LogP contribution in [-0.4, -0.2) is 58.9 Å². The number of hydrogen-bond acceptors (Lipinski definition) is 6. The highest BCUT2D eigenvalue weighted by Gasteiger charge is 2.29. The van der Waals surface area contributed by atoms with E-state index >= 15 is 0 Å². The molecule has 0 unspecified atom stereocenters. The minimum atomic E-state index is -3.71. The average molecular weight is 388 g/mol. The number of hydrogen-bond donors (Lipinski definition) is 0. The molecule has 0 radical (unpaired) electrons. The molecule has 0 saturated carbocycles. The largest absolute Gasteiger partial charge is 0.352 e. The lowest BCUT2D eigenvalue weighted by molar-refractivity contribution is 0.383. The van der Waals surface area contributed by atoms with Crippen molar-refractivity contribution in [3.63, 3.8) is 0 Å². The van der Waals surface area contributed by atoms with Crippen LogP contribution in [0.5, 0.6) is 0 Å². The molecule has 0 bridgehead atoms. The second-order valence-electron chi connectivity index (χ2n) is 6.05. The summed E-state index contributed by atoms with van der Waals surface area (Å²) in [6, 6.07) is 10.5. The summed E-state index contributed by atoms with van der Waals surface area (Å²) in [5, 5.41) is 12.5. The van der Waals surface area contributed by atoms with Crippen molar-refractivity contribution in [2.45, 2.75) is 4.90 Å². The van der Waals surface area contributed by atoms with Crippen molar-refractivity contribution in [3.8, 4) is 5.82 Å². The molecule has 1 aliphatic rings. The van der Waals surface area contributed by atoms with Gasteiger partial charge in [-0.2, -0.15) is 9.40 Å². The number of benzene rings is 1. The minimum absolute atomic E-state index is 0.0284. The second-order valence-corrected chi connectivity index (χ2v) is 7.99. The Morgan fingerprint density at radius 2 is 1.67 bits per heavy atom. The molecule has 3 aromatic rings. The molecule has 0 N–H and O–H groups in total. The first-order chi connectivity index (χ1) is 13.0. The van der Waals surface area contributed by atoms with Gasteiger partial charge in [-0.25, -0.2) is 17.5 Å². The molecule has 0 atom stereocenters. The van der Waals surface area contributed by atoms with Gasteiger partial charge < -0.3 is 4.90 Å². The van der Waals surface area contributed by atoms with Crippen LogP contribution in [0.2, 0.25) is 0 Å². The van der Waals surface area contributed by atoms with E-state index in [-0.39, 0.29) is 4.90 Å². The number of piperazine rings is 1. The second kappa shape index (κ2) is 7.05. The van der Waals surface area contributed by atoms with Gasteiger partial charge in [0.1, 0.15) is 5.82 Å². The monoisotopic (exact) mass is 388 g/mol. The molecule has 0 amide bonds. The van der Waals surface area contributed by atoms with Crippen molar-refractivity contribution in [3.05, 3.63) is 60.7 Å². The SMILES string of the molecule is O=S(=O)(c1cccc(F)c1)N1CCN(c2ccc(-n3cccn3)nn2)CC1. The summed E-state index contributed by atoms with van der Waals surface area (Å²) < 4.78 is 41.7. The van der Waals surface area contributed by atoms with E-state index in [1.807, 2.05) is 17.0 Å². The Labute approximate surface area is 155 Å². The van der Waals surface area contributed by atoms with Crippen LogP contribution in [0.1, 0.15) is 0 Å². The molecule has 1 saturated heterocycles. The summed E-state index contributed by atoms with van der Waals surface area (Å²) >= 11 is 0. The molecule has 8 nitrogen and oxygen atoms in total. The topological polar surface area (TPSA) is 84.2 Å². The van der Waals surface area contributed by atoms with Crippen LogP contribution in [-0.2, 0) is 10.0 Å². The maximum Gasteiger partial charge on any atom is 0.243 e. The zero-order valence-electron chi connectivity index (χ0n) is 14.3. The molecule has 3 heterocycles. The van der Waals surface area contributed by atoms with E-state index in [2.05, 4.69) is 15.3 Å². The van der Waals surface area contributed by atoms with Crippen LogP contribution in [0.15, 0.2) is 59.8 Å². The summed E-state index contributed by atoms with van der Waals surface area (Å²) in [7, 11) is -3.71. The Morgan fingerprint density at radius 1 is 0.926 bits per heavy atom. The Balaban J connectivity index is 1.44. The standard InChI is InChI=1S/C17H17FN6O2S/c18-14-3-1-4-15(13-14)27(25,26)23-11-9-22(10-12-23)16-5-6-17(21-20-16)24-8-2-7-19-24/h1-8,13H,9-12H2. The number of aromatic nitrogens is 4.